The van der Waals surface area contributed by atoms with Crippen LogP contribution in [0.1, 0.15) is 26.2 Å². The van der Waals surface area contributed by atoms with Gasteiger partial charge in [0.25, 0.3) is 0 Å². The lowest BCUT2D eigenvalue weighted by Crippen LogP contribution is -2.24. The number of hydrogen-bond acceptors (Lipinski definition) is 1. The molecule has 2 unspecified atom stereocenters. The Bertz CT molecular complexity index is 74.9. The van der Waals surface area contributed by atoms with Gasteiger partial charge in [-0.15, -0.1) is 0 Å². The van der Waals surface area contributed by atoms with Gasteiger partial charge in [-0.3, -0.25) is 0 Å². The lowest BCUT2D eigenvalue weighted by atomic mass is 10.2. The van der Waals surface area contributed by atoms with Crippen molar-refractivity contribution in [1.29, 1.82) is 0 Å². The number of nitrogens with one attached hydrogen (secondary N) is 1. The van der Waals surface area contributed by atoms with Gasteiger partial charge in [0.05, 0.1) is 4.05 Å². The minimum atomic E-state index is 0.748. The van der Waals surface area contributed by atoms with Crippen molar-refractivity contribution in [2.75, 3.05) is 0 Å². The van der Waals surface area contributed by atoms with Crippen LogP contribution in [0.15, 0.2) is 0 Å². The molecular formula is C6H12IN. The van der Waals surface area contributed by atoms with Crippen LogP contribution >= 0.6 is 22.6 Å². The van der Waals surface area contributed by atoms with E-state index in [-0.39, 0.29) is 0 Å². The molecular weight excluding hydrogens is 213 g/mol. The van der Waals surface area contributed by atoms with E-state index in [0.29, 0.717) is 0 Å². The molecule has 1 aliphatic rings. The van der Waals surface area contributed by atoms with Gasteiger partial charge in [-0.2, -0.15) is 0 Å². The molecule has 2 heteroatoms. The van der Waals surface area contributed by atoms with E-state index in [1.54, 1.807) is 0 Å². The van der Waals surface area contributed by atoms with Crippen LogP contribution in [0.5, 0.6) is 0 Å². The zero-order valence-corrected chi connectivity index (χ0v) is 7.31. The van der Waals surface area contributed by atoms with E-state index in [1.807, 2.05) is 0 Å². The number of hydrogen-bond donors (Lipinski definition) is 1. The van der Waals surface area contributed by atoms with Crippen molar-refractivity contribution in [2.24, 2.45) is 0 Å². The highest BCUT2D eigenvalue weighted by molar-refractivity contribution is 14.1. The van der Waals surface area contributed by atoms with Crippen LogP contribution in [-0.4, -0.2) is 10.1 Å². The van der Waals surface area contributed by atoms with Gasteiger partial charge in [-0.05, 0) is 19.3 Å². The third-order valence-corrected chi connectivity index (χ3v) is 2.66. The smallest absolute Gasteiger partial charge is 0.0596 e. The predicted octanol–water partition coefficient (Wildman–Crippen LogP) is 1.91. The molecule has 0 aliphatic carbocycles. The maximum atomic E-state index is 3.49. The van der Waals surface area contributed by atoms with Crippen LogP contribution < -0.4 is 5.32 Å². The summed E-state index contributed by atoms with van der Waals surface area (Å²) in [4.78, 5) is 0. The van der Waals surface area contributed by atoms with E-state index in [4.69, 9.17) is 0 Å². The maximum absolute atomic E-state index is 3.49. The zero-order chi connectivity index (χ0) is 5.98. The minimum absolute atomic E-state index is 0.748. The van der Waals surface area contributed by atoms with Crippen molar-refractivity contribution < 1.29 is 0 Å². The first-order valence-electron chi connectivity index (χ1n) is 3.23. The van der Waals surface area contributed by atoms with Gasteiger partial charge < -0.3 is 5.32 Å². The van der Waals surface area contributed by atoms with Gasteiger partial charge in [0.1, 0.15) is 0 Å². The van der Waals surface area contributed by atoms with Crippen molar-refractivity contribution in [3.8, 4) is 0 Å². The summed E-state index contributed by atoms with van der Waals surface area (Å²) >= 11 is 2.46. The highest BCUT2D eigenvalue weighted by Crippen LogP contribution is 2.18. The summed E-state index contributed by atoms with van der Waals surface area (Å²) in [7, 11) is 0. The molecule has 0 amide bonds. The van der Waals surface area contributed by atoms with Gasteiger partial charge in [-0.1, -0.05) is 29.5 Å². The SMILES string of the molecule is CCC1CCC(I)N1. The van der Waals surface area contributed by atoms with E-state index < -0.39 is 0 Å². The Morgan fingerprint density at radius 1 is 1.62 bits per heavy atom. The Hall–Kier alpha value is 0.690. The molecule has 1 aliphatic heterocycles. The largest absolute Gasteiger partial charge is 0.303 e. The van der Waals surface area contributed by atoms with Crippen LogP contribution in [0.4, 0.5) is 0 Å². The van der Waals surface area contributed by atoms with E-state index >= 15 is 0 Å². The van der Waals surface area contributed by atoms with Gasteiger partial charge in [0.2, 0.25) is 0 Å². The molecule has 0 aromatic rings. The predicted molar refractivity (Wildman–Crippen MR) is 44.3 cm³/mol. The molecule has 0 saturated carbocycles. The van der Waals surface area contributed by atoms with Crippen molar-refractivity contribution in [2.45, 2.75) is 36.3 Å². The number of halogens is 1. The molecule has 1 saturated heterocycles. The van der Waals surface area contributed by atoms with E-state index in [0.717, 1.165) is 10.1 Å². The Labute approximate surface area is 64.4 Å². The first-order chi connectivity index (χ1) is 3.83. The molecule has 1 N–H and O–H groups in total. The summed E-state index contributed by atoms with van der Waals surface area (Å²) in [6.07, 6.45) is 4.03. The first kappa shape index (κ1) is 6.81. The molecule has 0 radical (unpaired) electrons. The van der Waals surface area contributed by atoms with E-state index in [9.17, 15) is 0 Å². The third-order valence-electron chi connectivity index (χ3n) is 1.68. The van der Waals surface area contributed by atoms with Gasteiger partial charge in [0.15, 0.2) is 0 Å². The highest BCUT2D eigenvalue weighted by atomic mass is 127. The fourth-order valence-corrected chi connectivity index (χ4v) is 1.96. The highest BCUT2D eigenvalue weighted by Gasteiger charge is 2.18. The Morgan fingerprint density at radius 2 is 2.38 bits per heavy atom. The van der Waals surface area contributed by atoms with Gasteiger partial charge >= 0.3 is 0 Å². The van der Waals surface area contributed by atoms with Crippen LogP contribution in [-0.2, 0) is 0 Å². The zero-order valence-electron chi connectivity index (χ0n) is 5.15. The van der Waals surface area contributed by atoms with Crippen LogP contribution in [0.3, 0.4) is 0 Å². The molecule has 48 valence electrons. The molecule has 1 fully saturated rings. The lowest BCUT2D eigenvalue weighted by molar-refractivity contribution is 0.584. The van der Waals surface area contributed by atoms with Crippen molar-refractivity contribution in [3.05, 3.63) is 0 Å². The fraction of sp³-hybridized carbons (Fsp3) is 1.00. The summed E-state index contributed by atoms with van der Waals surface area (Å²) in [5.41, 5.74) is 0. The molecule has 1 rings (SSSR count). The standard InChI is InChI=1S/C6H12IN/c1-2-5-3-4-6(7)8-5/h5-6,8H,2-4H2,1H3. The second-order valence-electron chi connectivity index (χ2n) is 2.32. The monoisotopic (exact) mass is 225 g/mol. The Balaban J connectivity index is 2.22. The molecule has 0 aromatic heterocycles. The third kappa shape index (κ3) is 1.58. The average molecular weight is 225 g/mol. The quantitative estimate of drug-likeness (QED) is 0.408. The number of alkyl halides is 1. The second-order valence-corrected chi connectivity index (χ2v) is 3.82. The normalized spacial score (nSPS) is 38.2. The number of rotatable bonds is 1. The van der Waals surface area contributed by atoms with Gasteiger partial charge in [0, 0.05) is 6.04 Å². The van der Waals surface area contributed by atoms with E-state index in [1.165, 1.54) is 19.3 Å². The molecule has 0 spiro atoms. The van der Waals surface area contributed by atoms with Crippen LogP contribution in [0, 0.1) is 0 Å². The first-order valence-corrected chi connectivity index (χ1v) is 4.47. The second kappa shape index (κ2) is 3.01. The molecule has 1 heterocycles. The van der Waals surface area contributed by atoms with Crippen LogP contribution in [0.25, 0.3) is 0 Å². The molecule has 0 aromatic carbocycles. The molecule has 8 heavy (non-hydrogen) atoms. The Morgan fingerprint density at radius 3 is 2.62 bits per heavy atom. The summed E-state index contributed by atoms with van der Waals surface area (Å²) in [5.74, 6) is 0. The summed E-state index contributed by atoms with van der Waals surface area (Å²) in [6.45, 7) is 2.24. The van der Waals surface area contributed by atoms with Crippen molar-refractivity contribution >= 4 is 22.6 Å². The molecule has 0 bridgehead atoms. The summed E-state index contributed by atoms with van der Waals surface area (Å²) in [5, 5.41) is 3.49. The minimum Gasteiger partial charge on any atom is -0.303 e. The summed E-state index contributed by atoms with van der Waals surface area (Å²) in [6, 6.07) is 0.817. The summed E-state index contributed by atoms with van der Waals surface area (Å²) < 4.78 is 0.748. The van der Waals surface area contributed by atoms with Crippen LogP contribution in [0.2, 0.25) is 0 Å². The van der Waals surface area contributed by atoms with Crippen molar-refractivity contribution in [1.82, 2.24) is 5.32 Å². The average Bonchev–Trinajstić information content (AvgIpc) is 2.14. The fourth-order valence-electron chi connectivity index (χ4n) is 1.09. The molecule has 1 nitrogen and oxygen atoms in total. The lowest BCUT2D eigenvalue weighted by Gasteiger charge is -2.05. The maximum Gasteiger partial charge on any atom is 0.0596 e. The molecule has 2 atom stereocenters. The topological polar surface area (TPSA) is 12.0 Å². The Kier molecular flexibility index (Phi) is 2.56. The van der Waals surface area contributed by atoms with Crippen molar-refractivity contribution in [3.63, 3.8) is 0 Å². The van der Waals surface area contributed by atoms with E-state index in [2.05, 4.69) is 34.8 Å². The van der Waals surface area contributed by atoms with Gasteiger partial charge in [-0.25, -0.2) is 0 Å².